The van der Waals surface area contributed by atoms with E-state index in [1.54, 1.807) is 24.3 Å². The molecule has 1 spiro atoms. The predicted octanol–water partition coefficient (Wildman–Crippen LogP) is 3.94. The molecule has 7 nitrogen and oxygen atoms in total. The van der Waals surface area contributed by atoms with Gasteiger partial charge in [-0.1, -0.05) is 48.5 Å². The highest BCUT2D eigenvalue weighted by molar-refractivity contribution is 8.13. The first-order valence-electron chi connectivity index (χ1n) is 9.84. The van der Waals surface area contributed by atoms with Crippen molar-refractivity contribution in [2.75, 3.05) is 18.2 Å². The van der Waals surface area contributed by atoms with Gasteiger partial charge in [0.15, 0.2) is 10.6 Å². The molecular weight excluding hydrogens is 414 g/mol. The van der Waals surface area contributed by atoms with Crippen molar-refractivity contribution in [3.8, 4) is 5.75 Å². The zero-order valence-corrected chi connectivity index (χ0v) is 17.6. The second-order valence-electron chi connectivity index (χ2n) is 7.96. The average molecular weight is 431 g/mol. The van der Waals surface area contributed by atoms with E-state index < -0.39 is 22.1 Å². The van der Waals surface area contributed by atoms with Crippen LogP contribution in [0.4, 0.5) is 5.69 Å². The Morgan fingerprint density at radius 2 is 1.87 bits per heavy atom. The number of hydrogen-bond acceptors (Lipinski definition) is 6. The molecule has 0 saturated heterocycles. The highest BCUT2D eigenvalue weighted by Crippen LogP contribution is 2.65. The summed E-state index contributed by atoms with van der Waals surface area (Å²) in [6.07, 6.45) is 1.74. The number of nitro groups is 1. The van der Waals surface area contributed by atoms with Gasteiger partial charge in [0.2, 0.25) is 0 Å². The molecule has 3 aliphatic heterocycles. The van der Waals surface area contributed by atoms with Crippen LogP contribution in [0.1, 0.15) is 17.0 Å². The number of ether oxygens (including phenoxy) is 1. The lowest BCUT2D eigenvalue weighted by Crippen LogP contribution is -2.54. The summed E-state index contributed by atoms with van der Waals surface area (Å²) in [6.45, 7) is 0. The molecule has 0 N–H and O–H groups in total. The molecule has 3 atom stereocenters. The van der Waals surface area contributed by atoms with Crippen molar-refractivity contribution in [3.05, 3.63) is 81.9 Å². The number of fused-ring (bicyclic) bond motifs is 8. The summed E-state index contributed by atoms with van der Waals surface area (Å²) < 4.78 is 6.16. The predicted molar refractivity (Wildman–Crippen MR) is 120 cm³/mol. The molecular formula is C23H17N3O4S. The van der Waals surface area contributed by atoms with E-state index in [2.05, 4.69) is 0 Å². The number of rotatable bonds is 1. The minimum Gasteiger partial charge on any atom is -0.422 e. The maximum absolute atomic E-state index is 13.8. The lowest BCUT2D eigenvalue weighted by Gasteiger charge is -2.28. The molecule has 0 aromatic heterocycles. The number of hydrogen-bond donors (Lipinski definition) is 0. The van der Waals surface area contributed by atoms with Crippen molar-refractivity contribution in [2.24, 2.45) is 4.99 Å². The second kappa shape index (κ2) is 5.85. The number of carbonyl (C=O) groups excluding carboxylic acids is 1. The summed E-state index contributed by atoms with van der Waals surface area (Å²) in [5.41, 5.74) is -1.34. The van der Waals surface area contributed by atoms with Gasteiger partial charge in [-0.15, -0.1) is 11.8 Å². The van der Waals surface area contributed by atoms with E-state index in [4.69, 9.17) is 9.73 Å². The van der Waals surface area contributed by atoms with Gasteiger partial charge in [-0.25, -0.2) is 4.99 Å². The first-order chi connectivity index (χ1) is 15.0. The molecule has 8 heteroatoms. The van der Waals surface area contributed by atoms with E-state index in [1.165, 1.54) is 0 Å². The van der Waals surface area contributed by atoms with Crippen molar-refractivity contribution in [1.82, 2.24) is 0 Å². The van der Waals surface area contributed by atoms with Crippen LogP contribution in [-0.2, 0) is 10.3 Å². The zero-order valence-electron chi connectivity index (χ0n) is 16.7. The van der Waals surface area contributed by atoms with Gasteiger partial charge in [0.05, 0.1) is 4.92 Å². The van der Waals surface area contributed by atoms with Gasteiger partial charge >= 0.3 is 5.72 Å². The average Bonchev–Trinajstić information content (AvgIpc) is 3.36. The summed E-state index contributed by atoms with van der Waals surface area (Å²) in [7, 11) is 1.69. The molecule has 3 aliphatic rings. The summed E-state index contributed by atoms with van der Waals surface area (Å²) >= 11 is 1.16. The molecule has 3 aromatic rings. The smallest absolute Gasteiger partial charge is 0.422 e. The third-order valence-electron chi connectivity index (χ3n) is 6.65. The van der Waals surface area contributed by atoms with Crippen LogP contribution in [-0.4, -0.2) is 34.9 Å². The third kappa shape index (κ3) is 1.92. The summed E-state index contributed by atoms with van der Waals surface area (Å²) in [5.74, 6) is -0.767. The van der Waals surface area contributed by atoms with Crippen LogP contribution in [0, 0.1) is 10.1 Å². The normalized spacial score (nSPS) is 27.8. The topological polar surface area (TPSA) is 85.0 Å². The second-order valence-corrected chi connectivity index (χ2v) is 8.75. The lowest BCUT2D eigenvalue weighted by atomic mass is 9.72. The number of thioether (sulfide) groups is 1. The standard InChI is InChI=1S/C23H17N3O4S/c1-25-16-10-6-5-9-15(16)22(21(25)27)19-18-14-8-4-3-7-13(14)11-12-17(18)30-23(19,26(28)29)20(24-22)31-2/h3-12,19H,1-2H3/t19-,22+,23-/m0/s1. The Morgan fingerprint density at radius 3 is 2.65 bits per heavy atom. The van der Waals surface area contributed by atoms with Crippen molar-refractivity contribution in [2.45, 2.75) is 17.2 Å². The number of aliphatic imine (C=N–C) groups is 1. The quantitative estimate of drug-likeness (QED) is 0.430. The van der Waals surface area contributed by atoms with Crippen molar-refractivity contribution in [3.63, 3.8) is 0 Å². The fraction of sp³-hybridized carbons (Fsp3) is 0.217. The molecule has 3 aromatic carbocycles. The Kier molecular flexibility index (Phi) is 3.47. The van der Waals surface area contributed by atoms with Crippen molar-refractivity contribution < 1.29 is 14.5 Å². The maximum Gasteiger partial charge on any atom is 0.422 e. The number of anilines is 1. The molecule has 3 heterocycles. The van der Waals surface area contributed by atoms with Crippen molar-refractivity contribution >= 4 is 39.2 Å². The SMILES string of the molecule is CSC1=N[C@@]2(C(=O)N(C)c3ccccc32)[C@@H]2c3c(ccc4ccccc34)O[C@]12[N+](=O)[O-]. The van der Waals surface area contributed by atoms with Gasteiger partial charge in [0.1, 0.15) is 11.7 Å². The number of para-hydroxylation sites is 1. The molecule has 0 radical (unpaired) electrons. The molecule has 0 saturated carbocycles. The first-order valence-corrected chi connectivity index (χ1v) is 11.1. The van der Waals surface area contributed by atoms with Gasteiger partial charge in [0, 0.05) is 23.9 Å². The molecule has 0 unspecified atom stereocenters. The van der Waals surface area contributed by atoms with E-state index >= 15 is 0 Å². The van der Waals surface area contributed by atoms with Gasteiger partial charge < -0.3 is 9.64 Å². The van der Waals surface area contributed by atoms with Gasteiger partial charge in [-0.05, 0) is 29.2 Å². The largest absolute Gasteiger partial charge is 0.422 e. The molecule has 0 bridgehead atoms. The molecule has 0 fully saturated rings. The Morgan fingerprint density at radius 1 is 1.13 bits per heavy atom. The minimum absolute atomic E-state index is 0.209. The van der Waals surface area contributed by atoms with E-state index in [-0.39, 0.29) is 11.0 Å². The third-order valence-corrected chi connectivity index (χ3v) is 7.42. The summed E-state index contributed by atoms with van der Waals surface area (Å²) in [4.78, 5) is 32.5. The number of nitrogens with zero attached hydrogens (tertiary/aromatic N) is 3. The molecule has 31 heavy (non-hydrogen) atoms. The van der Waals surface area contributed by atoms with Gasteiger partial charge in [-0.3, -0.25) is 14.9 Å². The van der Waals surface area contributed by atoms with Crippen LogP contribution in [0.5, 0.6) is 5.75 Å². The number of likely N-dealkylation sites (N-methyl/N-ethyl adjacent to an activating group) is 1. The monoisotopic (exact) mass is 431 g/mol. The van der Waals surface area contributed by atoms with Crippen LogP contribution < -0.4 is 9.64 Å². The van der Waals surface area contributed by atoms with E-state index in [0.29, 0.717) is 22.6 Å². The summed E-state index contributed by atoms with van der Waals surface area (Å²) in [6, 6.07) is 18.7. The zero-order chi connectivity index (χ0) is 21.5. The van der Waals surface area contributed by atoms with E-state index in [1.807, 2.05) is 54.6 Å². The maximum atomic E-state index is 13.8. The van der Waals surface area contributed by atoms with Crippen LogP contribution in [0.15, 0.2) is 65.7 Å². The number of carbonyl (C=O) groups is 1. The number of amides is 1. The van der Waals surface area contributed by atoms with Crippen LogP contribution in [0.3, 0.4) is 0 Å². The van der Waals surface area contributed by atoms with Crippen LogP contribution >= 0.6 is 11.8 Å². The Balaban J connectivity index is 1.77. The molecule has 6 rings (SSSR count). The Hall–Kier alpha value is -3.39. The molecule has 1 amide bonds. The fourth-order valence-electron chi connectivity index (χ4n) is 5.42. The van der Waals surface area contributed by atoms with Gasteiger partial charge in [0.25, 0.3) is 5.91 Å². The first kappa shape index (κ1) is 18.4. The van der Waals surface area contributed by atoms with Crippen LogP contribution in [0.2, 0.25) is 0 Å². The fourth-order valence-corrected chi connectivity index (χ4v) is 6.18. The molecule has 0 aliphatic carbocycles. The van der Waals surface area contributed by atoms with Crippen molar-refractivity contribution in [1.29, 1.82) is 0 Å². The highest BCUT2D eigenvalue weighted by atomic mass is 32.2. The Bertz CT molecular complexity index is 1360. The van der Waals surface area contributed by atoms with E-state index in [0.717, 1.165) is 22.5 Å². The minimum atomic E-state index is -1.94. The summed E-state index contributed by atoms with van der Waals surface area (Å²) in [5, 5.41) is 14.7. The van der Waals surface area contributed by atoms with E-state index in [9.17, 15) is 14.9 Å². The Labute approximate surface area is 181 Å². The van der Waals surface area contributed by atoms with Crippen LogP contribution in [0.25, 0.3) is 10.8 Å². The molecule has 154 valence electrons. The lowest BCUT2D eigenvalue weighted by molar-refractivity contribution is -0.590. The van der Waals surface area contributed by atoms with Gasteiger partial charge in [-0.2, -0.15) is 0 Å². The number of benzene rings is 3. The highest BCUT2D eigenvalue weighted by Gasteiger charge is 2.79.